The lowest BCUT2D eigenvalue weighted by atomic mass is 10.1. The minimum absolute atomic E-state index is 0. The van der Waals surface area contributed by atoms with Crippen molar-refractivity contribution in [2.75, 3.05) is 68.7 Å². The Labute approximate surface area is 236 Å². The molecule has 0 bridgehead atoms. The van der Waals surface area contributed by atoms with Gasteiger partial charge in [0.25, 0.3) is 0 Å². The highest BCUT2D eigenvalue weighted by molar-refractivity contribution is 5.76. The van der Waals surface area contributed by atoms with Crippen molar-refractivity contribution in [2.24, 2.45) is 0 Å². The van der Waals surface area contributed by atoms with Crippen molar-refractivity contribution >= 4 is 17.3 Å². The zero-order valence-corrected chi connectivity index (χ0v) is 21.9. The number of nitriles is 1. The van der Waals surface area contributed by atoms with Crippen LogP contribution < -0.4 is 9.80 Å². The summed E-state index contributed by atoms with van der Waals surface area (Å²) >= 11 is 0. The fourth-order valence-electron chi connectivity index (χ4n) is 5.19. The van der Waals surface area contributed by atoms with Crippen molar-refractivity contribution in [1.29, 1.82) is 5.26 Å². The predicted octanol–water partition coefficient (Wildman–Crippen LogP) is 5.87. The van der Waals surface area contributed by atoms with Crippen LogP contribution >= 0.6 is 0 Å². The quantitative estimate of drug-likeness (QED) is 0.398. The third-order valence-electron chi connectivity index (χ3n) is 7.44. The van der Waals surface area contributed by atoms with Crippen LogP contribution in [0.3, 0.4) is 0 Å². The summed E-state index contributed by atoms with van der Waals surface area (Å²) in [4.78, 5) is 20.7. The number of carbonyl (C=O) groups excluding carboxylic acids is 1. The molecule has 2 aromatic rings. The molecule has 4 rings (SSSR count). The second-order valence-corrected chi connectivity index (χ2v) is 10.0. The van der Waals surface area contributed by atoms with E-state index in [1.54, 1.807) is 11.0 Å². The van der Waals surface area contributed by atoms with Gasteiger partial charge in [-0.1, -0.05) is 7.43 Å². The Morgan fingerprint density at radius 1 is 0.780 bits per heavy atom. The van der Waals surface area contributed by atoms with E-state index in [0.29, 0.717) is 64.2 Å². The van der Waals surface area contributed by atoms with E-state index in [1.807, 2.05) is 4.90 Å². The third kappa shape index (κ3) is 8.28. The monoisotopic (exact) mass is 583 g/mol. The van der Waals surface area contributed by atoms with Gasteiger partial charge >= 0.3 is 12.4 Å². The van der Waals surface area contributed by atoms with E-state index in [2.05, 4.69) is 9.80 Å². The topological polar surface area (TPSA) is 53.8 Å². The largest absolute Gasteiger partial charge is 0.417 e. The Morgan fingerprint density at radius 3 is 2.00 bits per heavy atom. The SMILES string of the molecule is C.N#Cc1ccc(N2CCCN(C(=O)CCCN3CCN(c4ccc(C(F)(F)F)cc4)CC3)CC2)cc1C(F)(F)F. The number of piperazine rings is 1. The molecule has 0 unspecified atom stereocenters. The molecule has 2 aliphatic heterocycles. The van der Waals surface area contributed by atoms with Gasteiger partial charge in [0, 0.05) is 70.2 Å². The summed E-state index contributed by atoms with van der Waals surface area (Å²) in [6, 6.07) is 10.5. The van der Waals surface area contributed by atoms with Gasteiger partial charge in [-0.05, 0) is 61.9 Å². The number of halogens is 6. The fourth-order valence-corrected chi connectivity index (χ4v) is 5.19. The molecule has 0 aromatic heterocycles. The van der Waals surface area contributed by atoms with Crippen LogP contribution in [0.1, 0.15) is 43.4 Å². The average Bonchev–Trinajstić information content (AvgIpc) is 3.19. The Balaban J connectivity index is 0.00000462. The minimum atomic E-state index is -4.62. The number of hydrogen-bond donors (Lipinski definition) is 0. The number of amides is 1. The molecule has 0 spiro atoms. The number of rotatable bonds is 6. The Bertz CT molecular complexity index is 1200. The van der Waals surface area contributed by atoms with Crippen LogP contribution in [0.15, 0.2) is 42.5 Å². The molecule has 0 atom stereocenters. The third-order valence-corrected chi connectivity index (χ3v) is 7.44. The molecule has 2 heterocycles. The van der Waals surface area contributed by atoms with Crippen LogP contribution in [0.4, 0.5) is 37.7 Å². The molecule has 0 radical (unpaired) electrons. The maximum atomic E-state index is 13.4. The smallest absolute Gasteiger partial charge is 0.370 e. The number of nitrogens with zero attached hydrogens (tertiary/aromatic N) is 5. The van der Waals surface area contributed by atoms with Crippen molar-refractivity contribution in [3.63, 3.8) is 0 Å². The number of benzene rings is 2. The number of hydrogen-bond acceptors (Lipinski definition) is 5. The van der Waals surface area contributed by atoms with Gasteiger partial charge in [0.15, 0.2) is 0 Å². The molecule has 6 nitrogen and oxygen atoms in total. The first-order valence-electron chi connectivity index (χ1n) is 13.2. The maximum absolute atomic E-state index is 13.4. The van der Waals surface area contributed by atoms with E-state index in [0.717, 1.165) is 43.5 Å². The van der Waals surface area contributed by atoms with Crippen LogP contribution in [0.2, 0.25) is 0 Å². The van der Waals surface area contributed by atoms with Crippen molar-refractivity contribution < 1.29 is 31.1 Å². The lowest BCUT2D eigenvalue weighted by Crippen LogP contribution is -2.46. The first-order valence-corrected chi connectivity index (χ1v) is 13.2. The standard InChI is InChI=1S/C28H31F6N5O.CH4/c29-27(30,31)22-5-8-23(9-6-22)38-15-13-36(14-16-38)10-1-3-26(40)39-12-2-11-37(17-18-39)24-7-4-21(20-35)25(19-24)28(32,33)34;/h4-9,19H,1-3,10-18H2;1H4. The highest BCUT2D eigenvalue weighted by Crippen LogP contribution is 2.35. The molecule has 0 saturated carbocycles. The lowest BCUT2D eigenvalue weighted by Gasteiger charge is -2.36. The molecule has 0 N–H and O–H groups in total. The summed E-state index contributed by atoms with van der Waals surface area (Å²) in [5.74, 6) is 0.0149. The number of anilines is 2. The van der Waals surface area contributed by atoms with Crippen LogP contribution in [0.5, 0.6) is 0 Å². The minimum Gasteiger partial charge on any atom is -0.370 e. The second-order valence-electron chi connectivity index (χ2n) is 10.0. The summed E-state index contributed by atoms with van der Waals surface area (Å²) < 4.78 is 78.5. The molecule has 12 heteroatoms. The van der Waals surface area contributed by atoms with E-state index in [4.69, 9.17) is 5.26 Å². The molecule has 41 heavy (non-hydrogen) atoms. The fraction of sp³-hybridized carbons (Fsp3) is 0.517. The Kier molecular flexibility index (Phi) is 10.5. The van der Waals surface area contributed by atoms with Crippen LogP contribution in [0, 0.1) is 11.3 Å². The lowest BCUT2D eigenvalue weighted by molar-refractivity contribution is -0.138. The summed E-state index contributed by atoms with van der Waals surface area (Å²) in [6.45, 7) is 5.46. The molecule has 2 aromatic carbocycles. The normalized spacial score (nSPS) is 17.0. The van der Waals surface area contributed by atoms with Gasteiger partial charge in [-0.25, -0.2) is 0 Å². The van der Waals surface area contributed by atoms with Crippen molar-refractivity contribution in [1.82, 2.24) is 9.80 Å². The summed E-state index contributed by atoms with van der Waals surface area (Å²) in [6.07, 6.45) is -7.31. The summed E-state index contributed by atoms with van der Waals surface area (Å²) in [7, 11) is 0. The predicted molar refractivity (Wildman–Crippen MR) is 146 cm³/mol. The van der Waals surface area contributed by atoms with Gasteiger partial charge in [0.05, 0.1) is 22.8 Å². The molecule has 224 valence electrons. The second kappa shape index (κ2) is 13.5. The Morgan fingerprint density at radius 2 is 1.39 bits per heavy atom. The summed E-state index contributed by atoms with van der Waals surface area (Å²) in [5, 5.41) is 9.02. The van der Waals surface area contributed by atoms with E-state index in [-0.39, 0.29) is 13.3 Å². The van der Waals surface area contributed by atoms with E-state index in [1.165, 1.54) is 24.3 Å². The molecule has 2 aliphatic rings. The van der Waals surface area contributed by atoms with Gasteiger partial charge < -0.3 is 14.7 Å². The van der Waals surface area contributed by atoms with Gasteiger partial charge in [0.1, 0.15) is 0 Å². The van der Waals surface area contributed by atoms with E-state index >= 15 is 0 Å². The van der Waals surface area contributed by atoms with Crippen LogP contribution in [-0.2, 0) is 17.1 Å². The zero-order chi connectivity index (χ0) is 28.9. The molecule has 0 aliphatic carbocycles. The highest BCUT2D eigenvalue weighted by atomic mass is 19.4. The van der Waals surface area contributed by atoms with Gasteiger partial charge in [-0.2, -0.15) is 31.6 Å². The molecule has 2 fully saturated rings. The van der Waals surface area contributed by atoms with Crippen LogP contribution in [0.25, 0.3) is 0 Å². The number of carbonyl (C=O) groups is 1. The number of alkyl halides is 6. The first-order chi connectivity index (χ1) is 19.0. The first kappa shape index (κ1) is 32.1. The van der Waals surface area contributed by atoms with Gasteiger partial charge in [-0.3, -0.25) is 9.69 Å². The van der Waals surface area contributed by atoms with Gasteiger partial charge in [0.2, 0.25) is 5.91 Å². The molecule has 1 amide bonds. The zero-order valence-electron chi connectivity index (χ0n) is 21.9. The van der Waals surface area contributed by atoms with Crippen molar-refractivity contribution in [3.05, 3.63) is 59.2 Å². The van der Waals surface area contributed by atoms with Crippen molar-refractivity contribution in [2.45, 2.75) is 39.0 Å². The van der Waals surface area contributed by atoms with Gasteiger partial charge in [-0.15, -0.1) is 0 Å². The van der Waals surface area contributed by atoms with Crippen molar-refractivity contribution in [3.8, 4) is 6.07 Å². The highest BCUT2D eigenvalue weighted by Gasteiger charge is 2.34. The Hall–Kier alpha value is -3.46. The van der Waals surface area contributed by atoms with Crippen LogP contribution in [-0.4, -0.2) is 74.6 Å². The van der Waals surface area contributed by atoms with E-state index < -0.39 is 29.0 Å². The summed E-state index contributed by atoms with van der Waals surface area (Å²) in [5.41, 5.74) is -0.889. The maximum Gasteiger partial charge on any atom is 0.417 e. The average molecular weight is 584 g/mol. The van der Waals surface area contributed by atoms with E-state index in [9.17, 15) is 31.1 Å². The molecular weight excluding hydrogens is 548 g/mol. The molecular formula is C29H35F6N5O. The molecule has 2 saturated heterocycles.